The number of aliphatic hydroxyl groups is 2. The molecular formula is C16H23ClN2O4. The number of rotatable bonds is 7. The van der Waals surface area contributed by atoms with Crippen LogP contribution in [0.25, 0.3) is 0 Å². The van der Waals surface area contributed by atoms with Crippen molar-refractivity contribution >= 4 is 23.4 Å². The molecule has 2 atom stereocenters. The van der Waals surface area contributed by atoms with Gasteiger partial charge in [0.1, 0.15) is 6.10 Å². The van der Waals surface area contributed by atoms with Gasteiger partial charge in [0.05, 0.1) is 6.61 Å². The summed E-state index contributed by atoms with van der Waals surface area (Å²) in [6, 6.07) is 6.20. The zero-order chi connectivity index (χ0) is 17.6. The maximum atomic E-state index is 12.0. The van der Waals surface area contributed by atoms with Crippen LogP contribution in [0.2, 0.25) is 5.02 Å². The van der Waals surface area contributed by atoms with Crippen LogP contribution >= 0.6 is 11.6 Å². The molecule has 0 bridgehead atoms. The van der Waals surface area contributed by atoms with Crippen LogP contribution in [0, 0.1) is 5.41 Å². The average Bonchev–Trinajstić information content (AvgIpc) is 2.51. The molecule has 23 heavy (non-hydrogen) atoms. The van der Waals surface area contributed by atoms with Crippen LogP contribution in [0.4, 0.5) is 0 Å². The molecule has 4 N–H and O–H groups in total. The summed E-state index contributed by atoms with van der Waals surface area (Å²) in [7, 11) is 0. The quantitative estimate of drug-likeness (QED) is 0.593. The van der Waals surface area contributed by atoms with Crippen molar-refractivity contribution in [3.63, 3.8) is 0 Å². The van der Waals surface area contributed by atoms with Crippen molar-refractivity contribution in [2.24, 2.45) is 5.41 Å². The molecule has 1 aromatic rings. The van der Waals surface area contributed by atoms with Gasteiger partial charge in [-0.05, 0) is 25.1 Å². The zero-order valence-electron chi connectivity index (χ0n) is 13.5. The number of benzene rings is 1. The highest BCUT2D eigenvalue weighted by Crippen LogP contribution is 2.19. The van der Waals surface area contributed by atoms with Gasteiger partial charge in [-0.3, -0.25) is 9.59 Å². The molecule has 1 rings (SSSR count). The summed E-state index contributed by atoms with van der Waals surface area (Å²) in [6.07, 6.45) is -1.33. The van der Waals surface area contributed by atoms with E-state index in [-0.39, 0.29) is 25.1 Å². The maximum absolute atomic E-state index is 12.0. The normalized spacial score (nSPS) is 14.0. The number of carbonyl (C=O) groups is 2. The second-order valence-electron chi connectivity index (χ2n) is 6.18. The monoisotopic (exact) mass is 342 g/mol. The van der Waals surface area contributed by atoms with Gasteiger partial charge in [-0.1, -0.05) is 31.5 Å². The molecule has 0 saturated heterocycles. The first-order valence-corrected chi connectivity index (χ1v) is 7.68. The third-order valence-electron chi connectivity index (χ3n) is 3.44. The first-order chi connectivity index (χ1) is 10.7. The Morgan fingerprint density at radius 1 is 1.35 bits per heavy atom. The molecule has 0 aliphatic heterocycles. The Morgan fingerprint density at radius 3 is 2.57 bits per heavy atom. The summed E-state index contributed by atoms with van der Waals surface area (Å²) in [4.78, 5) is 23.9. The van der Waals surface area contributed by atoms with Crippen LogP contribution < -0.4 is 10.6 Å². The van der Waals surface area contributed by atoms with Gasteiger partial charge in [0.15, 0.2) is 0 Å². The van der Waals surface area contributed by atoms with E-state index in [9.17, 15) is 14.7 Å². The van der Waals surface area contributed by atoms with E-state index >= 15 is 0 Å². The molecule has 1 aromatic carbocycles. The highest BCUT2D eigenvalue weighted by atomic mass is 35.5. The van der Waals surface area contributed by atoms with E-state index < -0.39 is 17.4 Å². The van der Waals surface area contributed by atoms with Crippen molar-refractivity contribution in [2.45, 2.75) is 32.9 Å². The summed E-state index contributed by atoms with van der Waals surface area (Å²) >= 11 is 5.83. The van der Waals surface area contributed by atoms with Crippen molar-refractivity contribution in [2.75, 3.05) is 13.2 Å². The van der Waals surface area contributed by atoms with Gasteiger partial charge in [-0.2, -0.15) is 0 Å². The van der Waals surface area contributed by atoms with Gasteiger partial charge >= 0.3 is 0 Å². The van der Waals surface area contributed by atoms with Crippen molar-refractivity contribution < 1.29 is 19.8 Å². The smallest absolute Gasteiger partial charge is 0.251 e. The fourth-order valence-electron chi connectivity index (χ4n) is 1.78. The van der Waals surface area contributed by atoms with Gasteiger partial charge in [0.2, 0.25) is 5.91 Å². The number of aliphatic hydroxyl groups excluding tert-OH is 2. The van der Waals surface area contributed by atoms with E-state index in [0.29, 0.717) is 10.6 Å². The third-order valence-corrected chi connectivity index (χ3v) is 3.68. The topological polar surface area (TPSA) is 98.7 Å². The SMILES string of the molecule is C[C@@H](CNC(=O)[C@H](O)C(C)(C)CO)NC(=O)c1cccc(Cl)c1. The Morgan fingerprint density at radius 2 is 2.00 bits per heavy atom. The lowest BCUT2D eigenvalue weighted by atomic mass is 9.87. The molecule has 0 aliphatic rings. The molecular weight excluding hydrogens is 320 g/mol. The molecule has 6 nitrogen and oxygen atoms in total. The van der Waals surface area contributed by atoms with Crippen LogP contribution in [0.3, 0.4) is 0 Å². The van der Waals surface area contributed by atoms with Crippen LogP contribution in [-0.4, -0.2) is 47.3 Å². The lowest BCUT2D eigenvalue weighted by molar-refractivity contribution is -0.137. The fourth-order valence-corrected chi connectivity index (χ4v) is 1.97. The molecule has 2 amide bonds. The van der Waals surface area contributed by atoms with Crippen LogP contribution in [0.15, 0.2) is 24.3 Å². The lowest BCUT2D eigenvalue weighted by Crippen LogP contribution is -2.49. The van der Waals surface area contributed by atoms with E-state index in [1.54, 1.807) is 45.0 Å². The molecule has 0 unspecified atom stereocenters. The van der Waals surface area contributed by atoms with Gasteiger partial charge in [-0.25, -0.2) is 0 Å². The minimum atomic E-state index is -1.33. The molecule has 0 aliphatic carbocycles. The van der Waals surface area contributed by atoms with Crippen molar-refractivity contribution in [3.8, 4) is 0 Å². The average molecular weight is 343 g/mol. The number of hydrogen-bond donors (Lipinski definition) is 4. The van der Waals surface area contributed by atoms with E-state index in [0.717, 1.165) is 0 Å². The summed E-state index contributed by atoms with van der Waals surface area (Å²) in [5.41, 5.74) is -0.505. The summed E-state index contributed by atoms with van der Waals surface area (Å²) in [5.74, 6) is -0.890. The highest BCUT2D eigenvalue weighted by Gasteiger charge is 2.32. The van der Waals surface area contributed by atoms with E-state index in [1.807, 2.05) is 0 Å². The number of amides is 2. The molecule has 128 valence electrons. The largest absolute Gasteiger partial charge is 0.396 e. The van der Waals surface area contributed by atoms with Crippen molar-refractivity contribution in [1.29, 1.82) is 0 Å². The zero-order valence-corrected chi connectivity index (χ0v) is 14.2. The molecule has 7 heteroatoms. The molecule has 0 saturated carbocycles. The van der Waals surface area contributed by atoms with E-state index in [2.05, 4.69) is 10.6 Å². The Balaban J connectivity index is 2.49. The minimum Gasteiger partial charge on any atom is -0.396 e. The Bertz CT molecular complexity index is 563. The standard InChI is InChI=1S/C16H23ClN2O4/c1-10(8-18-15(23)13(21)16(2,3)9-20)19-14(22)11-5-4-6-12(17)7-11/h4-7,10,13,20-21H,8-9H2,1-3H3,(H,18,23)(H,19,22)/t10-,13-/m0/s1. The molecule has 0 aromatic heterocycles. The molecule has 0 heterocycles. The summed E-state index contributed by atoms with van der Waals surface area (Å²) in [5, 5.41) is 24.8. The Kier molecular flexibility index (Phi) is 7.00. The Labute approximate surface area is 140 Å². The fraction of sp³-hybridized carbons (Fsp3) is 0.500. The van der Waals surface area contributed by atoms with Gasteiger partial charge < -0.3 is 20.8 Å². The van der Waals surface area contributed by atoms with Gasteiger partial charge in [0, 0.05) is 28.6 Å². The second kappa shape index (κ2) is 8.29. The van der Waals surface area contributed by atoms with Crippen molar-refractivity contribution in [1.82, 2.24) is 10.6 Å². The number of halogens is 1. The van der Waals surface area contributed by atoms with E-state index in [1.165, 1.54) is 0 Å². The number of carbonyl (C=O) groups excluding carboxylic acids is 2. The first kappa shape index (κ1) is 19.4. The van der Waals surface area contributed by atoms with E-state index in [4.69, 9.17) is 16.7 Å². The second-order valence-corrected chi connectivity index (χ2v) is 6.62. The third kappa shape index (κ3) is 5.82. The first-order valence-electron chi connectivity index (χ1n) is 7.30. The molecule has 0 spiro atoms. The Hall–Kier alpha value is -1.63. The molecule has 0 fully saturated rings. The predicted octanol–water partition coefficient (Wildman–Crippen LogP) is 0.954. The summed E-state index contributed by atoms with van der Waals surface area (Å²) < 4.78 is 0. The molecule has 0 radical (unpaired) electrons. The number of hydrogen-bond acceptors (Lipinski definition) is 4. The van der Waals surface area contributed by atoms with Crippen molar-refractivity contribution in [3.05, 3.63) is 34.9 Å². The van der Waals surface area contributed by atoms with Gasteiger partial charge in [-0.15, -0.1) is 0 Å². The lowest BCUT2D eigenvalue weighted by Gasteiger charge is -2.27. The summed E-state index contributed by atoms with van der Waals surface area (Å²) in [6.45, 7) is 4.74. The minimum absolute atomic E-state index is 0.156. The maximum Gasteiger partial charge on any atom is 0.251 e. The van der Waals surface area contributed by atoms with Crippen LogP contribution in [0.1, 0.15) is 31.1 Å². The number of nitrogens with one attached hydrogen (secondary N) is 2. The predicted molar refractivity (Wildman–Crippen MR) is 88.3 cm³/mol. The van der Waals surface area contributed by atoms with Gasteiger partial charge in [0.25, 0.3) is 5.91 Å². The van der Waals surface area contributed by atoms with Crippen LogP contribution in [-0.2, 0) is 4.79 Å². The van der Waals surface area contributed by atoms with Crippen LogP contribution in [0.5, 0.6) is 0 Å². The highest BCUT2D eigenvalue weighted by molar-refractivity contribution is 6.30.